The highest BCUT2D eigenvalue weighted by Gasteiger charge is 2.46. The van der Waals surface area contributed by atoms with Gasteiger partial charge in [-0.25, -0.2) is 17.5 Å². The fourth-order valence-electron chi connectivity index (χ4n) is 5.88. The lowest BCUT2D eigenvalue weighted by atomic mass is 9.89. The van der Waals surface area contributed by atoms with Crippen molar-refractivity contribution in [1.82, 2.24) is 14.5 Å². The minimum absolute atomic E-state index is 0.114. The van der Waals surface area contributed by atoms with Gasteiger partial charge in [-0.15, -0.1) is 0 Å². The molecule has 0 bridgehead atoms. The number of carbonyl (C=O) groups is 2. The number of hydrogen-bond donors (Lipinski definition) is 2. The van der Waals surface area contributed by atoms with Crippen molar-refractivity contribution in [2.45, 2.75) is 63.5 Å². The van der Waals surface area contributed by atoms with Crippen LogP contribution in [-0.2, 0) is 10.7 Å². The summed E-state index contributed by atoms with van der Waals surface area (Å²) in [5.74, 6) is -2.95. The van der Waals surface area contributed by atoms with Gasteiger partial charge in [-0.05, 0) is 85.9 Å². The topological polar surface area (TPSA) is 85.2 Å². The van der Waals surface area contributed by atoms with Crippen LogP contribution in [0.25, 0.3) is 6.08 Å². The molecule has 0 radical (unpaired) electrons. The van der Waals surface area contributed by atoms with Crippen LogP contribution in [0.4, 0.5) is 13.2 Å². The largest absolute Gasteiger partial charge is 0.387 e. The van der Waals surface area contributed by atoms with Gasteiger partial charge in [0, 0.05) is 49.8 Å². The summed E-state index contributed by atoms with van der Waals surface area (Å²) in [4.78, 5) is 32.4. The van der Waals surface area contributed by atoms with E-state index in [2.05, 4.69) is 9.62 Å². The Bertz CT molecular complexity index is 1430. The summed E-state index contributed by atoms with van der Waals surface area (Å²) in [5.41, 5.74) is 1.66. The molecule has 2 fully saturated rings. The third-order valence-corrected chi connectivity index (χ3v) is 9.61. The predicted octanol–water partition coefficient (Wildman–Crippen LogP) is 5.38. The highest BCUT2D eigenvalue weighted by molar-refractivity contribution is 8.00. The van der Waals surface area contributed by atoms with Crippen LogP contribution in [0.3, 0.4) is 0 Å². The van der Waals surface area contributed by atoms with E-state index in [1.807, 2.05) is 37.5 Å². The van der Waals surface area contributed by atoms with Gasteiger partial charge in [0.1, 0.15) is 18.0 Å². The van der Waals surface area contributed by atoms with Crippen LogP contribution >= 0.6 is 11.9 Å². The molecule has 2 saturated heterocycles. The molecule has 3 aliphatic heterocycles. The first-order valence-corrected chi connectivity index (χ1v) is 15.3. The van der Waals surface area contributed by atoms with E-state index in [0.29, 0.717) is 56.0 Å². The summed E-state index contributed by atoms with van der Waals surface area (Å²) in [7, 11) is 0. The van der Waals surface area contributed by atoms with Crippen LogP contribution in [-0.4, -0.2) is 76.0 Å². The standard InChI is InChI=1S/C32H37F3N4O3S/c1-21-17-24(28(40)38-12-8-31(42,20-33)9-13-38)18-22(2)26(21)7-16-43-39-14-10-32(11-15-39)29(41)36-27(37-32)23-5-4-6-25(19-23)30(3,34)35/h4-7,16-19,42H,8-15,20H2,1-3H3,(H,36,37,41)/b16-7+. The second-order valence-corrected chi connectivity index (χ2v) is 12.9. The van der Waals surface area contributed by atoms with Gasteiger partial charge in [0.15, 0.2) is 0 Å². The quantitative estimate of drug-likeness (QED) is 0.409. The third kappa shape index (κ3) is 6.68. The highest BCUT2D eigenvalue weighted by Crippen LogP contribution is 2.35. The van der Waals surface area contributed by atoms with Crippen molar-refractivity contribution < 1.29 is 27.9 Å². The molecule has 3 aliphatic rings. The smallest absolute Gasteiger partial charge is 0.270 e. The Kier molecular flexibility index (Phi) is 8.79. The van der Waals surface area contributed by atoms with Gasteiger partial charge >= 0.3 is 0 Å². The summed E-state index contributed by atoms with van der Waals surface area (Å²) in [6.45, 7) is 5.88. The molecule has 2 aromatic carbocycles. The van der Waals surface area contributed by atoms with Gasteiger partial charge in [0.25, 0.3) is 17.7 Å². The first-order valence-electron chi connectivity index (χ1n) is 14.5. The minimum Gasteiger partial charge on any atom is -0.387 e. The zero-order chi connectivity index (χ0) is 31.0. The Morgan fingerprint density at radius 1 is 1.09 bits per heavy atom. The molecular formula is C32H37F3N4O3S. The number of halogens is 3. The number of aliphatic hydroxyl groups is 1. The number of rotatable bonds is 7. The lowest BCUT2D eigenvalue weighted by Gasteiger charge is -2.36. The minimum atomic E-state index is -2.98. The molecule has 1 spiro atoms. The summed E-state index contributed by atoms with van der Waals surface area (Å²) in [6, 6.07) is 9.70. The monoisotopic (exact) mass is 614 g/mol. The molecule has 7 nitrogen and oxygen atoms in total. The van der Waals surface area contributed by atoms with Crippen molar-refractivity contribution in [2.75, 3.05) is 32.9 Å². The average Bonchev–Trinajstić information content (AvgIpc) is 3.30. The molecule has 0 atom stereocenters. The Labute approximate surface area is 254 Å². The van der Waals surface area contributed by atoms with Crippen LogP contribution in [0.2, 0.25) is 0 Å². The first-order chi connectivity index (χ1) is 20.3. The van der Waals surface area contributed by atoms with Crippen LogP contribution < -0.4 is 5.32 Å². The zero-order valence-electron chi connectivity index (χ0n) is 24.6. The van der Waals surface area contributed by atoms with E-state index in [9.17, 15) is 27.9 Å². The van der Waals surface area contributed by atoms with Crippen molar-refractivity contribution >= 4 is 35.7 Å². The van der Waals surface area contributed by atoms with E-state index in [-0.39, 0.29) is 30.2 Å². The zero-order valence-corrected chi connectivity index (χ0v) is 25.4. The molecule has 43 heavy (non-hydrogen) atoms. The van der Waals surface area contributed by atoms with Gasteiger partial charge < -0.3 is 15.3 Å². The van der Waals surface area contributed by atoms with Gasteiger partial charge in [0.05, 0.1) is 5.60 Å². The first kappa shape index (κ1) is 31.3. The molecule has 2 N–H and O–H groups in total. The van der Waals surface area contributed by atoms with E-state index in [1.165, 1.54) is 12.1 Å². The number of hydrogen-bond acceptors (Lipinski definition) is 6. The Morgan fingerprint density at radius 2 is 1.74 bits per heavy atom. The van der Waals surface area contributed by atoms with E-state index in [4.69, 9.17) is 4.99 Å². The summed E-state index contributed by atoms with van der Waals surface area (Å²) >= 11 is 1.55. The van der Waals surface area contributed by atoms with E-state index in [0.717, 1.165) is 23.6 Å². The van der Waals surface area contributed by atoms with E-state index < -0.39 is 23.7 Å². The molecule has 0 saturated carbocycles. The van der Waals surface area contributed by atoms with Crippen molar-refractivity contribution in [3.05, 3.63) is 75.2 Å². The molecule has 0 aromatic heterocycles. The van der Waals surface area contributed by atoms with Gasteiger partial charge in [-0.2, -0.15) is 0 Å². The molecule has 3 heterocycles. The number of aliphatic imine (C=N–C) groups is 1. The number of alkyl halides is 3. The molecule has 2 amide bonds. The molecule has 230 valence electrons. The molecule has 2 aromatic rings. The number of aryl methyl sites for hydroxylation is 2. The molecule has 5 rings (SSSR count). The SMILES string of the molecule is Cc1cc(C(=O)N2CCC(O)(CF)CC2)cc(C)c1/C=C/SN1CCC2(CC1)N=C(c1cccc(C(C)(F)F)c1)NC2=O. The normalized spacial score (nSPS) is 20.5. The number of piperidine rings is 2. The maximum absolute atomic E-state index is 13.8. The predicted molar refractivity (Wildman–Crippen MR) is 163 cm³/mol. The van der Waals surface area contributed by atoms with Crippen LogP contribution in [0.1, 0.15) is 70.8 Å². The number of likely N-dealkylation sites (tertiary alicyclic amines) is 1. The van der Waals surface area contributed by atoms with Crippen LogP contribution in [0.5, 0.6) is 0 Å². The van der Waals surface area contributed by atoms with Crippen molar-refractivity contribution in [3.8, 4) is 0 Å². The fourth-order valence-corrected chi connectivity index (χ4v) is 6.64. The molecule has 0 aliphatic carbocycles. The van der Waals surface area contributed by atoms with E-state index in [1.54, 1.807) is 29.0 Å². The molecular weight excluding hydrogens is 577 g/mol. The Hall–Kier alpha value is -3.15. The lowest BCUT2D eigenvalue weighted by molar-refractivity contribution is -0.124. The van der Waals surface area contributed by atoms with Crippen molar-refractivity contribution in [2.24, 2.45) is 4.99 Å². The molecule has 11 heteroatoms. The number of amides is 2. The fraction of sp³-hybridized carbons (Fsp3) is 0.469. The second-order valence-electron chi connectivity index (χ2n) is 11.9. The summed E-state index contributed by atoms with van der Waals surface area (Å²) in [6.07, 6.45) is 3.51. The van der Waals surface area contributed by atoms with E-state index >= 15 is 0 Å². The number of carbonyl (C=O) groups excluding carboxylic acids is 2. The highest BCUT2D eigenvalue weighted by atomic mass is 32.2. The maximum atomic E-state index is 13.8. The van der Waals surface area contributed by atoms with Gasteiger partial charge in [-0.1, -0.05) is 30.1 Å². The number of amidine groups is 1. The number of benzene rings is 2. The van der Waals surface area contributed by atoms with Crippen LogP contribution in [0, 0.1) is 13.8 Å². The third-order valence-electron chi connectivity index (χ3n) is 8.69. The summed E-state index contributed by atoms with van der Waals surface area (Å²) in [5, 5.41) is 14.9. The number of nitrogens with zero attached hydrogens (tertiary/aromatic N) is 3. The number of nitrogens with one attached hydrogen (secondary N) is 1. The molecule has 0 unspecified atom stereocenters. The van der Waals surface area contributed by atoms with Crippen LogP contribution in [0.15, 0.2) is 46.8 Å². The Morgan fingerprint density at radius 3 is 2.35 bits per heavy atom. The van der Waals surface area contributed by atoms with Gasteiger partial charge in [0.2, 0.25) is 0 Å². The average molecular weight is 615 g/mol. The lowest BCUT2D eigenvalue weighted by Crippen LogP contribution is -2.47. The summed E-state index contributed by atoms with van der Waals surface area (Å²) < 4.78 is 42.9. The van der Waals surface area contributed by atoms with Gasteiger partial charge in [-0.3, -0.25) is 14.6 Å². The van der Waals surface area contributed by atoms with Crippen molar-refractivity contribution in [1.29, 1.82) is 0 Å². The maximum Gasteiger partial charge on any atom is 0.270 e. The van der Waals surface area contributed by atoms with Crippen molar-refractivity contribution in [3.63, 3.8) is 0 Å². The Balaban J connectivity index is 1.18. The second kappa shape index (κ2) is 12.1.